The lowest BCUT2D eigenvalue weighted by molar-refractivity contribution is -0.145. The Morgan fingerprint density at radius 1 is 1.16 bits per heavy atom. The monoisotopic (exact) mass is 530 g/mol. The van der Waals surface area contributed by atoms with Crippen LogP contribution in [0.3, 0.4) is 0 Å². The number of hydrogen-bond donors (Lipinski definition) is 1. The summed E-state index contributed by atoms with van der Waals surface area (Å²) in [5.41, 5.74) is -0.962. The molecule has 37 heavy (non-hydrogen) atoms. The number of nitrogens with zero attached hydrogens (tertiary/aromatic N) is 5. The summed E-state index contributed by atoms with van der Waals surface area (Å²) >= 11 is 0. The number of carbonyl (C=O) groups excluding carboxylic acids is 2. The maximum Gasteiger partial charge on any atom is 0.453 e. The number of rotatable bonds is 3. The highest BCUT2D eigenvalue weighted by Crippen LogP contribution is 2.36. The predicted octanol–water partition coefficient (Wildman–Crippen LogP) is 3.26. The molecule has 2 aliphatic heterocycles. The Bertz CT molecular complexity index is 1190. The molecule has 0 saturated carbocycles. The first-order valence-electron chi connectivity index (χ1n) is 11.6. The number of benzene rings is 1. The van der Waals surface area contributed by atoms with E-state index in [-0.39, 0.29) is 37.4 Å². The van der Waals surface area contributed by atoms with Gasteiger partial charge in [-0.2, -0.15) is 13.2 Å². The molecule has 2 amide bonds. The number of ether oxygens (including phenoxy) is 1. The van der Waals surface area contributed by atoms with E-state index in [4.69, 9.17) is 4.74 Å². The molecule has 3 heterocycles. The lowest BCUT2D eigenvalue weighted by Gasteiger charge is -2.46. The Hall–Kier alpha value is -3.29. The van der Waals surface area contributed by atoms with Gasteiger partial charge < -0.3 is 15.0 Å². The molecule has 0 bridgehead atoms. The number of amides is 2. The Morgan fingerprint density at radius 2 is 1.86 bits per heavy atom. The maximum absolute atomic E-state index is 14.8. The molecular formula is C23H27F5N6O3. The summed E-state index contributed by atoms with van der Waals surface area (Å²) < 4.78 is 74.5. The minimum absolute atomic E-state index is 0.0245. The van der Waals surface area contributed by atoms with Crippen molar-refractivity contribution in [2.24, 2.45) is 0 Å². The summed E-state index contributed by atoms with van der Waals surface area (Å²) in [5.74, 6) is -3.15. The molecule has 2 aromatic rings. The van der Waals surface area contributed by atoms with Crippen LogP contribution in [0.25, 0.3) is 0 Å². The third-order valence-corrected chi connectivity index (χ3v) is 6.27. The number of carbonyl (C=O) groups is 2. The van der Waals surface area contributed by atoms with Crippen LogP contribution in [0.2, 0.25) is 0 Å². The van der Waals surface area contributed by atoms with E-state index in [1.165, 1.54) is 11.9 Å². The maximum atomic E-state index is 14.8. The second-order valence-corrected chi connectivity index (χ2v) is 10.1. The summed E-state index contributed by atoms with van der Waals surface area (Å²) in [4.78, 5) is 32.5. The van der Waals surface area contributed by atoms with Gasteiger partial charge in [-0.25, -0.2) is 23.2 Å². The number of likely N-dealkylation sites (tertiary alicyclic amines) is 1. The molecule has 4 rings (SSSR count). The standard InChI is InChI=1S/C23H27F5N6O3/c1-22(2,3)37-21(36)29-15-10-16(19(35)32(4)18(15)13-9-12(24)5-6-14(13)25)33-7-8-34-17(11-33)30-20(31-34)23(26,27)28/h5-6,9,15-16,18H,7-8,10-11H2,1-4H3,(H,29,36)/t15?,16?,18-/m1/s1. The van der Waals surface area contributed by atoms with Crippen LogP contribution in [0.5, 0.6) is 0 Å². The van der Waals surface area contributed by atoms with E-state index < -0.39 is 59.4 Å². The van der Waals surface area contributed by atoms with Gasteiger partial charge in [-0.3, -0.25) is 9.69 Å². The van der Waals surface area contributed by atoms with Crippen LogP contribution in [0.1, 0.15) is 50.4 Å². The topological polar surface area (TPSA) is 92.6 Å². The fourth-order valence-electron chi connectivity index (χ4n) is 4.72. The number of piperidine rings is 1. The second kappa shape index (κ2) is 9.54. The van der Waals surface area contributed by atoms with Crippen molar-refractivity contribution >= 4 is 12.0 Å². The van der Waals surface area contributed by atoms with Crippen molar-refractivity contribution in [2.45, 2.75) is 70.2 Å². The molecule has 0 spiro atoms. The number of halogens is 5. The molecule has 1 saturated heterocycles. The Labute approximate surface area is 209 Å². The fraction of sp³-hybridized carbons (Fsp3) is 0.565. The minimum atomic E-state index is -4.71. The quantitative estimate of drug-likeness (QED) is 0.613. The van der Waals surface area contributed by atoms with Crippen LogP contribution < -0.4 is 5.32 Å². The van der Waals surface area contributed by atoms with Crippen LogP contribution in [-0.2, 0) is 28.8 Å². The van der Waals surface area contributed by atoms with E-state index in [0.717, 1.165) is 22.9 Å². The summed E-state index contributed by atoms with van der Waals surface area (Å²) in [5, 5.41) is 6.18. The zero-order valence-electron chi connectivity index (χ0n) is 20.6. The molecule has 2 aliphatic rings. The first-order valence-corrected chi connectivity index (χ1v) is 11.6. The molecule has 14 heteroatoms. The highest BCUT2D eigenvalue weighted by atomic mass is 19.4. The van der Waals surface area contributed by atoms with Gasteiger partial charge in [0, 0.05) is 19.2 Å². The summed E-state index contributed by atoms with van der Waals surface area (Å²) in [6.07, 6.45) is -5.54. The highest BCUT2D eigenvalue weighted by molar-refractivity contribution is 5.84. The molecule has 1 fully saturated rings. The summed E-state index contributed by atoms with van der Waals surface area (Å²) in [6.45, 7) is 5.15. The molecule has 0 radical (unpaired) electrons. The van der Waals surface area contributed by atoms with Crippen molar-refractivity contribution < 1.29 is 36.3 Å². The Morgan fingerprint density at radius 3 is 2.51 bits per heavy atom. The second-order valence-electron chi connectivity index (χ2n) is 10.1. The largest absolute Gasteiger partial charge is 0.453 e. The van der Waals surface area contributed by atoms with Gasteiger partial charge in [0.1, 0.15) is 23.1 Å². The van der Waals surface area contributed by atoms with Crippen molar-refractivity contribution in [1.82, 2.24) is 29.9 Å². The Kier molecular flexibility index (Phi) is 6.90. The van der Waals surface area contributed by atoms with Crippen LogP contribution in [0.4, 0.5) is 26.7 Å². The van der Waals surface area contributed by atoms with E-state index in [0.29, 0.717) is 0 Å². The van der Waals surface area contributed by atoms with E-state index in [2.05, 4.69) is 15.4 Å². The van der Waals surface area contributed by atoms with Crippen molar-refractivity contribution in [2.75, 3.05) is 13.6 Å². The normalized spacial score (nSPS) is 23.1. The van der Waals surface area contributed by atoms with Crippen molar-refractivity contribution in [1.29, 1.82) is 0 Å². The van der Waals surface area contributed by atoms with Gasteiger partial charge in [0.2, 0.25) is 5.91 Å². The third-order valence-electron chi connectivity index (χ3n) is 6.27. The molecule has 1 N–H and O–H groups in total. The SMILES string of the molecule is CN1C(=O)C(N2CCn3nc(C(F)(F)F)nc3C2)CC(NC(=O)OC(C)(C)C)[C@H]1c1cc(F)ccc1F. The predicted molar refractivity (Wildman–Crippen MR) is 119 cm³/mol. The number of likely N-dealkylation sites (N-methyl/N-ethyl adjacent to an activating group) is 1. The van der Waals surface area contributed by atoms with Gasteiger partial charge in [0.25, 0.3) is 5.82 Å². The number of nitrogens with one attached hydrogen (secondary N) is 1. The summed E-state index contributed by atoms with van der Waals surface area (Å²) in [6, 6.07) is 0.0200. The van der Waals surface area contributed by atoms with Crippen molar-refractivity contribution in [3.8, 4) is 0 Å². The average Bonchev–Trinajstić information content (AvgIpc) is 3.21. The van der Waals surface area contributed by atoms with E-state index in [1.807, 2.05) is 0 Å². The first-order chi connectivity index (χ1) is 17.1. The zero-order valence-corrected chi connectivity index (χ0v) is 20.6. The molecule has 0 aliphatic carbocycles. The summed E-state index contributed by atoms with van der Waals surface area (Å²) in [7, 11) is 1.40. The number of alkyl carbamates (subject to hydrolysis) is 1. The smallest absolute Gasteiger partial charge is 0.444 e. The van der Waals surface area contributed by atoms with Gasteiger partial charge >= 0.3 is 12.3 Å². The van der Waals surface area contributed by atoms with Crippen LogP contribution >= 0.6 is 0 Å². The average molecular weight is 530 g/mol. The molecule has 9 nitrogen and oxygen atoms in total. The lowest BCUT2D eigenvalue weighted by Crippen LogP contribution is -2.61. The molecule has 202 valence electrons. The fourth-order valence-corrected chi connectivity index (χ4v) is 4.72. The number of alkyl halides is 3. The molecule has 1 aromatic heterocycles. The van der Waals surface area contributed by atoms with Crippen LogP contribution in [-0.4, -0.2) is 67.8 Å². The molecule has 2 unspecified atom stereocenters. The van der Waals surface area contributed by atoms with Gasteiger partial charge in [0.15, 0.2) is 0 Å². The number of fused-ring (bicyclic) bond motifs is 1. The first kappa shape index (κ1) is 26.8. The van der Waals surface area contributed by atoms with Crippen molar-refractivity contribution in [3.05, 3.63) is 47.0 Å². The van der Waals surface area contributed by atoms with Gasteiger partial charge in [-0.05, 0) is 45.4 Å². The molecule has 1 aromatic carbocycles. The molecule has 3 atom stereocenters. The number of aromatic nitrogens is 3. The van der Waals surface area contributed by atoms with Gasteiger partial charge in [-0.15, -0.1) is 5.10 Å². The highest BCUT2D eigenvalue weighted by Gasteiger charge is 2.46. The lowest BCUT2D eigenvalue weighted by atomic mass is 9.86. The van der Waals surface area contributed by atoms with E-state index in [1.54, 1.807) is 25.7 Å². The van der Waals surface area contributed by atoms with Crippen LogP contribution in [0.15, 0.2) is 18.2 Å². The van der Waals surface area contributed by atoms with E-state index in [9.17, 15) is 31.5 Å². The van der Waals surface area contributed by atoms with Gasteiger partial charge in [0.05, 0.1) is 31.2 Å². The van der Waals surface area contributed by atoms with Gasteiger partial charge in [-0.1, -0.05) is 0 Å². The van der Waals surface area contributed by atoms with Crippen LogP contribution in [0, 0.1) is 11.6 Å². The Balaban J connectivity index is 1.64. The van der Waals surface area contributed by atoms with E-state index >= 15 is 0 Å². The third kappa shape index (κ3) is 5.68. The minimum Gasteiger partial charge on any atom is -0.444 e. The van der Waals surface area contributed by atoms with Crippen molar-refractivity contribution in [3.63, 3.8) is 0 Å². The molecular weight excluding hydrogens is 503 g/mol. The number of hydrogen-bond acceptors (Lipinski definition) is 6. The zero-order chi connectivity index (χ0) is 27.3.